The second kappa shape index (κ2) is 8.00. The molecule has 0 aliphatic heterocycles. The molecule has 1 rings (SSSR count). The normalized spacial score (nSPS) is 11.6. The van der Waals surface area contributed by atoms with E-state index in [4.69, 9.17) is 0 Å². The third kappa shape index (κ3) is 4.46. The van der Waals surface area contributed by atoms with Crippen molar-refractivity contribution >= 4 is 33.4 Å². The Morgan fingerprint density at radius 2 is 2.05 bits per heavy atom. The van der Waals surface area contributed by atoms with Gasteiger partial charge in [-0.2, -0.15) is 11.8 Å². The summed E-state index contributed by atoms with van der Waals surface area (Å²) >= 11 is 5.13. The first kappa shape index (κ1) is 17.5. The third-order valence-corrected chi connectivity index (χ3v) is 5.81. The predicted molar refractivity (Wildman–Crippen MR) is 89.3 cm³/mol. The van der Waals surface area contributed by atoms with Crippen LogP contribution in [0, 0.1) is 10.1 Å². The largest absolute Gasteiger partial charge is 0.311 e. The number of halogens is 1. The average molecular weight is 361 g/mol. The Kier molecular flexibility index (Phi) is 6.99. The minimum absolute atomic E-state index is 0.162. The fourth-order valence-electron chi connectivity index (χ4n) is 2.14. The number of rotatable bonds is 8. The summed E-state index contributed by atoms with van der Waals surface area (Å²) in [6.45, 7) is 5.74. The molecule has 0 saturated carbocycles. The van der Waals surface area contributed by atoms with Gasteiger partial charge in [-0.05, 0) is 31.2 Å². The summed E-state index contributed by atoms with van der Waals surface area (Å²) in [5.74, 6) is 0. The van der Waals surface area contributed by atoms with Gasteiger partial charge in [0.2, 0.25) is 0 Å². The summed E-state index contributed by atoms with van der Waals surface area (Å²) in [5, 5.41) is 14.4. The van der Waals surface area contributed by atoms with Gasteiger partial charge in [0.25, 0.3) is 5.69 Å². The molecule has 0 radical (unpaired) electrons. The van der Waals surface area contributed by atoms with Gasteiger partial charge in [0.15, 0.2) is 0 Å². The van der Waals surface area contributed by atoms with Crippen LogP contribution < -0.4 is 5.32 Å². The zero-order chi connectivity index (χ0) is 15.2. The number of nitro benzene ring substituents is 1. The minimum Gasteiger partial charge on any atom is -0.311 e. The molecule has 0 bridgehead atoms. The lowest BCUT2D eigenvalue weighted by molar-refractivity contribution is -0.385. The van der Waals surface area contributed by atoms with Crippen LogP contribution >= 0.6 is 27.7 Å². The molecule has 0 unspecified atom stereocenters. The van der Waals surface area contributed by atoms with Crippen molar-refractivity contribution in [3.05, 3.63) is 38.3 Å². The first-order valence-corrected chi connectivity index (χ1v) is 8.68. The second-order valence-electron chi connectivity index (χ2n) is 4.73. The highest BCUT2D eigenvalue weighted by molar-refractivity contribution is 9.10. The van der Waals surface area contributed by atoms with Gasteiger partial charge in [0.05, 0.1) is 4.92 Å². The van der Waals surface area contributed by atoms with Crippen molar-refractivity contribution in [2.75, 3.05) is 12.8 Å². The van der Waals surface area contributed by atoms with E-state index in [1.807, 2.05) is 17.8 Å². The van der Waals surface area contributed by atoms with E-state index in [0.29, 0.717) is 6.54 Å². The SMILES string of the molecule is CCC(CC)(CNCc1ccc(Br)cc1[N+](=O)[O-])SC. The lowest BCUT2D eigenvalue weighted by Crippen LogP contribution is -2.36. The summed E-state index contributed by atoms with van der Waals surface area (Å²) in [4.78, 5) is 10.7. The van der Waals surface area contributed by atoms with Crippen LogP contribution in [0.2, 0.25) is 0 Å². The van der Waals surface area contributed by atoms with Gasteiger partial charge in [-0.3, -0.25) is 10.1 Å². The predicted octanol–water partition coefficient (Wildman–Crippen LogP) is 4.37. The molecule has 0 atom stereocenters. The molecule has 1 aromatic rings. The zero-order valence-corrected chi connectivity index (χ0v) is 14.5. The van der Waals surface area contributed by atoms with Crippen molar-refractivity contribution in [1.82, 2.24) is 5.32 Å². The molecule has 112 valence electrons. The van der Waals surface area contributed by atoms with Crippen LogP contribution in [0.25, 0.3) is 0 Å². The fourth-order valence-corrected chi connectivity index (χ4v) is 3.32. The van der Waals surface area contributed by atoms with Crippen LogP contribution in [0.1, 0.15) is 32.3 Å². The van der Waals surface area contributed by atoms with Crippen molar-refractivity contribution in [2.24, 2.45) is 0 Å². The van der Waals surface area contributed by atoms with E-state index in [0.717, 1.165) is 29.4 Å². The number of hydrogen-bond donors (Lipinski definition) is 1. The molecule has 0 amide bonds. The van der Waals surface area contributed by atoms with Gasteiger partial charge in [0, 0.05) is 33.9 Å². The van der Waals surface area contributed by atoms with Crippen LogP contribution in [-0.4, -0.2) is 22.5 Å². The van der Waals surface area contributed by atoms with E-state index in [1.165, 1.54) is 0 Å². The van der Waals surface area contributed by atoms with E-state index >= 15 is 0 Å². The summed E-state index contributed by atoms with van der Waals surface area (Å²) in [6, 6.07) is 5.19. The summed E-state index contributed by atoms with van der Waals surface area (Å²) in [6.07, 6.45) is 4.29. The van der Waals surface area contributed by atoms with Gasteiger partial charge >= 0.3 is 0 Å². The highest BCUT2D eigenvalue weighted by Gasteiger charge is 2.24. The topological polar surface area (TPSA) is 55.2 Å². The van der Waals surface area contributed by atoms with Crippen LogP contribution in [0.3, 0.4) is 0 Å². The Bertz CT molecular complexity index is 456. The van der Waals surface area contributed by atoms with Gasteiger partial charge in [0.1, 0.15) is 0 Å². The Balaban J connectivity index is 2.73. The second-order valence-corrected chi connectivity index (χ2v) is 6.92. The molecule has 20 heavy (non-hydrogen) atoms. The van der Waals surface area contributed by atoms with Crippen molar-refractivity contribution in [3.63, 3.8) is 0 Å². The third-order valence-electron chi connectivity index (χ3n) is 3.73. The molecule has 0 spiro atoms. The highest BCUT2D eigenvalue weighted by atomic mass is 79.9. The summed E-state index contributed by atoms with van der Waals surface area (Å²) in [5.41, 5.74) is 0.884. The Hall–Kier alpha value is -0.590. The maximum Gasteiger partial charge on any atom is 0.275 e. The van der Waals surface area contributed by atoms with E-state index in [-0.39, 0.29) is 15.4 Å². The first-order chi connectivity index (χ1) is 9.48. The van der Waals surface area contributed by atoms with Crippen molar-refractivity contribution in [1.29, 1.82) is 0 Å². The van der Waals surface area contributed by atoms with Crippen LogP contribution in [0.15, 0.2) is 22.7 Å². The molecule has 4 nitrogen and oxygen atoms in total. The quantitative estimate of drug-likeness (QED) is 0.552. The fraction of sp³-hybridized carbons (Fsp3) is 0.571. The molecular weight excluding hydrogens is 340 g/mol. The molecule has 1 aromatic carbocycles. The van der Waals surface area contributed by atoms with E-state index in [9.17, 15) is 10.1 Å². The smallest absolute Gasteiger partial charge is 0.275 e. The van der Waals surface area contributed by atoms with E-state index < -0.39 is 0 Å². The maximum atomic E-state index is 11.1. The summed E-state index contributed by atoms with van der Waals surface area (Å²) < 4.78 is 0.943. The van der Waals surface area contributed by atoms with Crippen LogP contribution in [0.5, 0.6) is 0 Å². The van der Waals surface area contributed by atoms with Gasteiger partial charge in [-0.1, -0.05) is 29.8 Å². The lowest BCUT2D eigenvalue weighted by atomic mass is 10.0. The average Bonchev–Trinajstić information content (AvgIpc) is 2.45. The molecule has 6 heteroatoms. The van der Waals surface area contributed by atoms with Crippen molar-refractivity contribution in [3.8, 4) is 0 Å². The van der Waals surface area contributed by atoms with Crippen molar-refractivity contribution in [2.45, 2.75) is 38.0 Å². The molecule has 0 aromatic heterocycles. The Morgan fingerprint density at radius 1 is 1.40 bits per heavy atom. The lowest BCUT2D eigenvalue weighted by Gasteiger charge is -2.30. The molecule has 0 heterocycles. The first-order valence-electron chi connectivity index (χ1n) is 6.66. The number of hydrogen-bond acceptors (Lipinski definition) is 4. The van der Waals surface area contributed by atoms with Gasteiger partial charge in [-0.15, -0.1) is 0 Å². The maximum absolute atomic E-state index is 11.1. The minimum atomic E-state index is -0.330. The Labute approximate surface area is 133 Å². The number of nitro groups is 1. The van der Waals surface area contributed by atoms with Gasteiger partial charge in [-0.25, -0.2) is 0 Å². The number of nitrogens with one attached hydrogen (secondary N) is 1. The van der Waals surface area contributed by atoms with Crippen LogP contribution in [0.4, 0.5) is 5.69 Å². The number of benzene rings is 1. The number of nitrogens with zero attached hydrogens (tertiary/aromatic N) is 1. The Morgan fingerprint density at radius 3 is 2.55 bits per heavy atom. The molecule has 0 aliphatic carbocycles. The summed E-state index contributed by atoms with van der Waals surface area (Å²) in [7, 11) is 0. The van der Waals surface area contributed by atoms with Gasteiger partial charge < -0.3 is 5.32 Å². The standard InChI is InChI=1S/C14H21BrN2O2S/c1-4-14(5-2,20-3)10-16-9-11-6-7-12(15)8-13(11)17(18)19/h6-8,16H,4-5,9-10H2,1-3H3. The molecular formula is C14H21BrN2O2S. The number of thioether (sulfide) groups is 1. The molecule has 0 aliphatic rings. The van der Waals surface area contributed by atoms with E-state index in [2.05, 4.69) is 41.3 Å². The monoisotopic (exact) mass is 360 g/mol. The van der Waals surface area contributed by atoms with Crippen molar-refractivity contribution < 1.29 is 4.92 Å². The molecule has 0 saturated heterocycles. The van der Waals surface area contributed by atoms with Crippen LogP contribution in [-0.2, 0) is 6.54 Å². The highest BCUT2D eigenvalue weighted by Crippen LogP contribution is 2.30. The molecule has 1 N–H and O–H groups in total. The van der Waals surface area contributed by atoms with E-state index in [1.54, 1.807) is 12.1 Å². The zero-order valence-electron chi connectivity index (χ0n) is 12.1. The molecule has 0 fully saturated rings.